The quantitative estimate of drug-likeness (QED) is 0.872. The van der Waals surface area contributed by atoms with E-state index >= 15 is 0 Å². The minimum Gasteiger partial charge on any atom is -0.220 e. The molecule has 0 saturated heterocycles. The first kappa shape index (κ1) is 14.3. The molecule has 5 nitrogen and oxygen atoms in total. The lowest BCUT2D eigenvalue weighted by atomic mass is 10.3. The van der Waals surface area contributed by atoms with Gasteiger partial charge in [0.15, 0.2) is 0 Å². The standard InChI is InChI=1S/C11H11Cl2N3O2S/c1-3-19(17,18)11-14-7(2)16(15-11)8-4-5-9(12)10(13)6-8/h4-6H,3H2,1-2H3. The van der Waals surface area contributed by atoms with Crippen LogP contribution in [0, 0.1) is 6.92 Å². The van der Waals surface area contributed by atoms with Crippen LogP contribution in [0.3, 0.4) is 0 Å². The van der Waals surface area contributed by atoms with Gasteiger partial charge in [-0.25, -0.2) is 18.1 Å². The fourth-order valence-electron chi connectivity index (χ4n) is 1.49. The van der Waals surface area contributed by atoms with Crippen molar-refractivity contribution in [2.75, 3.05) is 5.75 Å². The molecule has 0 aliphatic heterocycles. The number of sulfone groups is 1. The normalized spacial score (nSPS) is 11.8. The van der Waals surface area contributed by atoms with E-state index in [1.807, 2.05) is 0 Å². The lowest BCUT2D eigenvalue weighted by molar-refractivity contribution is 0.587. The van der Waals surface area contributed by atoms with Crippen molar-refractivity contribution >= 4 is 33.0 Å². The summed E-state index contributed by atoms with van der Waals surface area (Å²) in [6.07, 6.45) is 0. The number of aryl methyl sites for hydroxylation is 1. The maximum Gasteiger partial charge on any atom is 0.267 e. The van der Waals surface area contributed by atoms with Crippen LogP contribution in [-0.4, -0.2) is 28.9 Å². The number of benzene rings is 1. The van der Waals surface area contributed by atoms with Gasteiger partial charge in [-0.3, -0.25) is 0 Å². The number of hydrogen-bond acceptors (Lipinski definition) is 4. The fourth-order valence-corrected chi connectivity index (χ4v) is 2.52. The summed E-state index contributed by atoms with van der Waals surface area (Å²) in [5.74, 6) is 0.420. The number of nitrogens with zero attached hydrogens (tertiary/aromatic N) is 3. The third kappa shape index (κ3) is 2.75. The van der Waals surface area contributed by atoms with Gasteiger partial charge in [0.05, 0.1) is 21.5 Å². The lowest BCUT2D eigenvalue weighted by Crippen LogP contribution is -2.07. The average molecular weight is 320 g/mol. The molecule has 1 heterocycles. The topological polar surface area (TPSA) is 64.8 Å². The summed E-state index contributed by atoms with van der Waals surface area (Å²) in [5.41, 5.74) is 0.608. The number of aromatic nitrogens is 3. The maximum atomic E-state index is 11.7. The van der Waals surface area contributed by atoms with Crippen LogP contribution in [0.2, 0.25) is 10.0 Å². The van der Waals surface area contributed by atoms with Crippen LogP contribution in [0.5, 0.6) is 0 Å². The van der Waals surface area contributed by atoms with Gasteiger partial charge in [-0.1, -0.05) is 30.1 Å². The molecule has 8 heteroatoms. The first-order valence-electron chi connectivity index (χ1n) is 5.47. The average Bonchev–Trinajstić information content (AvgIpc) is 2.76. The van der Waals surface area contributed by atoms with E-state index in [1.165, 1.54) is 4.68 Å². The molecule has 2 aromatic rings. The Morgan fingerprint density at radius 1 is 1.26 bits per heavy atom. The second-order valence-electron chi connectivity index (χ2n) is 3.86. The van der Waals surface area contributed by atoms with Crippen molar-refractivity contribution in [1.82, 2.24) is 14.8 Å². The molecule has 0 amide bonds. The Morgan fingerprint density at radius 2 is 1.95 bits per heavy atom. The molecular weight excluding hydrogens is 309 g/mol. The first-order chi connectivity index (χ1) is 8.85. The van der Waals surface area contributed by atoms with Gasteiger partial charge in [0, 0.05) is 0 Å². The zero-order chi connectivity index (χ0) is 14.2. The van der Waals surface area contributed by atoms with E-state index in [2.05, 4.69) is 10.1 Å². The Labute approximate surface area is 121 Å². The molecular formula is C11H11Cl2N3O2S. The van der Waals surface area contributed by atoms with Crippen LogP contribution in [0.1, 0.15) is 12.7 Å². The monoisotopic (exact) mass is 319 g/mol. The maximum absolute atomic E-state index is 11.7. The molecule has 0 atom stereocenters. The van der Waals surface area contributed by atoms with Gasteiger partial charge in [0.1, 0.15) is 5.82 Å². The van der Waals surface area contributed by atoms with Crippen molar-refractivity contribution in [1.29, 1.82) is 0 Å². The number of halogens is 2. The Hall–Kier alpha value is -1.11. The van der Waals surface area contributed by atoms with Crippen molar-refractivity contribution < 1.29 is 8.42 Å². The molecule has 0 aliphatic rings. The highest BCUT2D eigenvalue weighted by molar-refractivity contribution is 7.91. The molecule has 1 aromatic heterocycles. The smallest absolute Gasteiger partial charge is 0.220 e. The molecule has 19 heavy (non-hydrogen) atoms. The van der Waals surface area contributed by atoms with E-state index < -0.39 is 9.84 Å². The summed E-state index contributed by atoms with van der Waals surface area (Å²) in [7, 11) is -3.43. The van der Waals surface area contributed by atoms with E-state index in [1.54, 1.807) is 32.0 Å². The van der Waals surface area contributed by atoms with E-state index in [0.717, 1.165) is 0 Å². The highest BCUT2D eigenvalue weighted by Gasteiger charge is 2.20. The van der Waals surface area contributed by atoms with Crippen LogP contribution in [0.15, 0.2) is 23.4 Å². The van der Waals surface area contributed by atoms with Gasteiger partial charge in [-0.05, 0) is 25.1 Å². The third-order valence-electron chi connectivity index (χ3n) is 2.56. The second kappa shape index (κ2) is 5.11. The summed E-state index contributed by atoms with van der Waals surface area (Å²) in [6, 6.07) is 4.92. The van der Waals surface area contributed by atoms with Crippen molar-refractivity contribution in [3.8, 4) is 5.69 Å². The van der Waals surface area contributed by atoms with Crippen LogP contribution in [0.4, 0.5) is 0 Å². The first-order valence-corrected chi connectivity index (χ1v) is 7.88. The van der Waals surface area contributed by atoms with Crippen LogP contribution in [-0.2, 0) is 9.84 Å². The van der Waals surface area contributed by atoms with Gasteiger partial charge in [0.2, 0.25) is 9.84 Å². The molecule has 0 aliphatic carbocycles. The third-order valence-corrected chi connectivity index (χ3v) is 4.78. The molecule has 0 fully saturated rings. The van der Waals surface area contributed by atoms with E-state index in [9.17, 15) is 8.42 Å². The Bertz CT molecular complexity index is 726. The van der Waals surface area contributed by atoms with Gasteiger partial charge >= 0.3 is 0 Å². The molecule has 0 radical (unpaired) electrons. The molecule has 0 bridgehead atoms. The van der Waals surface area contributed by atoms with Crippen molar-refractivity contribution in [2.45, 2.75) is 19.0 Å². The number of hydrogen-bond donors (Lipinski definition) is 0. The summed E-state index contributed by atoms with van der Waals surface area (Å²) in [4.78, 5) is 3.97. The van der Waals surface area contributed by atoms with Gasteiger partial charge < -0.3 is 0 Å². The summed E-state index contributed by atoms with van der Waals surface area (Å²) in [6.45, 7) is 3.22. The van der Waals surface area contributed by atoms with Crippen LogP contribution in [0.25, 0.3) is 5.69 Å². The van der Waals surface area contributed by atoms with E-state index in [-0.39, 0.29) is 10.9 Å². The second-order valence-corrected chi connectivity index (χ2v) is 6.84. The van der Waals surface area contributed by atoms with Gasteiger partial charge in [-0.15, -0.1) is 5.10 Å². The van der Waals surface area contributed by atoms with Gasteiger partial charge in [-0.2, -0.15) is 0 Å². The highest BCUT2D eigenvalue weighted by Crippen LogP contribution is 2.24. The van der Waals surface area contributed by atoms with E-state index in [0.29, 0.717) is 21.6 Å². The summed E-state index contributed by atoms with van der Waals surface area (Å²) >= 11 is 11.8. The van der Waals surface area contributed by atoms with Crippen molar-refractivity contribution in [3.05, 3.63) is 34.1 Å². The molecule has 0 spiro atoms. The molecule has 2 rings (SSSR count). The van der Waals surface area contributed by atoms with Crippen LogP contribution < -0.4 is 0 Å². The predicted octanol–water partition coefficient (Wildman–Crippen LogP) is 2.68. The van der Waals surface area contributed by atoms with Crippen molar-refractivity contribution in [2.24, 2.45) is 0 Å². The largest absolute Gasteiger partial charge is 0.267 e. The molecule has 0 N–H and O–H groups in total. The number of rotatable bonds is 3. The summed E-state index contributed by atoms with van der Waals surface area (Å²) < 4.78 is 24.9. The molecule has 1 aromatic carbocycles. The minimum absolute atomic E-state index is 0.0438. The Balaban J connectivity index is 2.55. The van der Waals surface area contributed by atoms with Crippen LogP contribution >= 0.6 is 23.2 Å². The molecule has 0 saturated carbocycles. The highest BCUT2D eigenvalue weighted by atomic mass is 35.5. The zero-order valence-corrected chi connectivity index (χ0v) is 12.6. The predicted molar refractivity (Wildman–Crippen MR) is 73.8 cm³/mol. The Morgan fingerprint density at radius 3 is 2.53 bits per heavy atom. The lowest BCUT2D eigenvalue weighted by Gasteiger charge is -2.04. The Kier molecular flexibility index (Phi) is 3.85. The molecule has 102 valence electrons. The van der Waals surface area contributed by atoms with Gasteiger partial charge in [0.25, 0.3) is 5.16 Å². The SMILES string of the molecule is CCS(=O)(=O)c1nc(C)n(-c2ccc(Cl)c(Cl)c2)n1. The van der Waals surface area contributed by atoms with E-state index in [4.69, 9.17) is 23.2 Å². The van der Waals surface area contributed by atoms with Crippen molar-refractivity contribution in [3.63, 3.8) is 0 Å². The zero-order valence-electron chi connectivity index (χ0n) is 10.3. The minimum atomic E-state index is -3.43. The fraction of sp³-hybridized carbons (Fsp3) is 0.273. The molecule has 0 unspecified atom stereocenters. The summed E-state index contributed by atoms with van der Waals surface area (Å²) in [5, 5.41) is 4.62.